The first-order chi connectivity index (χ1) is 17.0. The number of aromatic nitrogens is 2. The van der Waals surface area contributed by atoms with Gasteiger partial charge in [0.2, 0.25) is 5.91 Å². The molecule has 0 aliphatic heterocycles. The molecule has 0 aliphatic carbocycles. The topological polar surface area (TPSA) is 64.3 Å². The summed E-state index contributed by atoms with van der Waals surface area (Å²) in [5.74, 6) is 1.46. The van der Waals surface area contributed by atoms with Gasteiger partial charge in [0.05, 0.1) is 0 Å². The van der Waals surface area contributed by atoms with Crippen LogP contribution < -0.4 is 15.1 Å². The van der Waals surface area contributed by atoms with Gasteiger partial charge in [0, 0.05) is 37.4 Å². The van der Waals surface area contributed by atoms with E-state index in [1.165, 1.54) is 5.69 Å². The molecule has 0 radical (unpaired) electrons. The Kier molecular flexibility index (Phi) is 10.3. The smallest absolute Gasteiger partial charge is 0.224 e. The summed E-state index contributed by atoms with van der Waals surface area (Å²) in [5.41, 5.74) is 2.85. The molecule has 0 spiro atoms. The molecule has 0 fully saturated rings. The first-order valence-electron chi connectivity index (χ1n) is 12.6. The Bertz CT molecular complexity index is 1120. The largest absolute Gasteiger partial charge is 0.372 e. The molecule has 186 valence electrons. The van der Waals surface area contributed by atoms with E-state index in [4.69, 9.17) is 12.2 Å². The van der Waals surface area contributed by atoms with Crippen LogP contribution in [0.2, 0.25) is 0 Å². The monoisotopic (exact) mass is 491 g/mol. The van der Waals surface area contributed by atoms with Crippen LogP contribution in [0.25, 0.3) is 0 Å². The van der Waals surface area contributed by atoms with Crippen molar-refractivity contribution < 1.29 is 4.79 Å². The summed E-state index contributed by atoms with van der Waals surface area (Å²) in [4.78, 5) is 25.2. The average Bonchev–Trinajstić information content (AvgIpc) is 2.87. The Hall–Kier alpha value is -3.19. The van der Waals surface area contributed by atoms with Crippen molar-refractivity contribution >= 4 is 41.0 Å². The summed E-state index contributed by atoms with van der Waals surface area (Å²) in [6.07, 6.45) is 4.23. The lowest BCUT2D eigenvalue weighted by Crippen LogP contribution is -2.25. The Morgan fingerprint density at radius 1 is 0.914 bits per heavy atom. The quantitative estimate of drug-likeness (QED) is 0.199. The van der Waals surface area contributed by atoms with Crippen LogP contribution in [0.15, 0.2) is 60.7 Å². The minimum atomic E-state index is -0.0392. The zero-order valence-electron chi connectivity index (χ0n) is 21.1. The number of benzene rings is 2. The molecule has 0 saturated carbocycles. The predicted molar refractivity (Wildman–Crippen MR) is 149 cm³/mol. The average molecular weight is 492 g/mol. The molecular weight excluding hydrogens is 454 g/mol. The highest BCUT2D eigenvalue weighted by Gasteiger charge is 2.18. The highest BCUT2D eigenvalue weighted by atomic mass is 32.1. The molecule has 0 bridgehead atoms. The normalized spacial score (nSPS) is 10.7. The molecule has 2 aromatic carbocycles. The number of nitrogens with zero attached hydrogens (tertiary/aromatic N) is 3. The second kappa shape index (κ2) is 13.6. The second-order valence-electron chi connectivity index (χ2n) is 8.67. The molecule has 1 aromatic heterocycles. The standard InChI is InChI=1S/C28H37N5OS/c1-4-19-32(23-14-8-6-9-15-23)21-13-12-18-25(34)31-26-27(29-22(3)30-28(26)35)33(20-5-2)24-16-10-7-11-17-24/h6-11,14-17H,4-5,12-13,18-21H2,1-3H3,(H,31,34)(H,29,30,35). The van der Waals surface area contributed by atoms with Crippen LogP contribution >= 0.6 is 12.2 Å². The highest BCUT2D eigenvalue weighted by molar-refractivity contribution is 7.71. The highest BCUT2D eigenvalue weighted by Crippen LogP contribution is 2.31. The lowest BCUT2D eigenvalue weighted by Gasteiger charge is -2.27. The molecule has 3 rings (SSSR count). The Labute approximate surface area is 214 Å². The molecule has 2 N–H and O–H groups in total. The van der Waals surface area contributed by atoms with Gasteiger partial charge in [-0.05, 0) is 56.9 Å². The first-order valence-corrected chi connectivity index (χ1v) is 13.0. The number of carbonyl (C=O) groups is 1. The van der Waals surface area contributed by atoms with E-state index in [1.807, 2.05) is 31.2 Å². The fourth-order valence-electron chi connectivity index (χ4n) is 4.16. The van der Waals surface area contributed by atoms with Gasteiger partial charge in [-0.25, -0.2) is 4.98 Å². The number of aryl methyl sites for hydroxylation is 1. The Morgan fingerprint density at radius 3 is 2.17 bits per heavy atom. The number of H-pyrrole nitrogens is 1. The van der Waals surface area contributed by atoms with Gasteiger partial charge in [-0.15, -0.1) is 0 Å². The van der Waals surface area contributed by atoms with Crippen molar-refractivity contribution in [1.29, 1.82) is 0 Å². The van der Waals surface area contributed by atoms with E-state index in [1.54, 1.807) is 0 Å². The van der Waals surface area contributed by atoms with Gasteiger partial charge in [0.25, 0.3) is 0 Å². The number of amides is 1. The van der Waals surface area contributed by atoms with Gasteiger partial charge in [-0.2, -0.15) is 0 Å². The summed E-state index contributed by atoms with van der Waals surface area (Å²) in [6, 6.07) is 20.6. The van der Waals surface area contributed by atoms with Crippen molar-refractivity contribution in [3.05, 3.63) is 71.1 Å². The molecule has 3 aromatic rings. The van der Waals surface area contributed by atoms with Crippen LogP contribution in [-0.4, -0.2) is 35.5 Å². The number of unbranched alkanes of at least 4 members (excludes halogenated alkanes) is 1. The third kappa shape index (κ3) is 7.65. The third-order valence-electron chi connectivity index (χ3n) is 5.77. The summed E-state index contributed by atoms with van der Waals surface area (Å²) in [5, 5.41) is 3.07. The number of aromatic amines is 1. The summed E-state index contributed by atoms with van der Waals surface area (Å²) < 4.78 is 0.403. The van der Waals surface area contributed by atoms with E-state index < -0.39 is 0 Å². The summed E-state index contributed by atoms with van der Waals surface area (Å²) in [7, 11) is 0. The van der Waals surface area contributed by atoms with Crippen molar-refractivity contribution in [2.45, 2.75) is 52.9 Å². The molecule has 1 amide bonds. The Morgan fingerprint density at radius 2 is 1.54 bits per heavy atom. The molecule has 35 heavy (non-hydrogen) atoms. The molecule has 0 saturated heterocycles. The van der Waals surface area contributed by atoms with E-state index in [-0.39, 0.29) is 5.91 Å². The first kappa shape index (κ1) is 26.4. The third-order valence-corrected chi connectivity index (χ3v) is 6.06. The minimum Gasteiger partial charge on any atom is -0.372 e. The van der Waals surface area contributed by atoms with Crippen LogP contribution in [0.3, 0.4) is 0 Å². The van der Waals surface area contributed by atoms with E-state index in [0.717, 1.165) is 62.6 Å². The molecule has 0 unspecified atom stereocenters. The number of nitrogens with one attached hydrogen (secondary N) is 2. The summed E-state index contributed by atoms with van der Waals surface area (Å²) in [6.45, 7) is 8.94. The van der Waals surface area contributed by atoms with Crippen molar-refractivity contribution in [1.82, 2.24) is 9.97 Å². The van der Waals surface area contributed by atoms with Gasteiger partial charge < -0.3 is 20.1 Å². The molecule has 6 nitrogen and oxygen atoms in total. The fraction of sp³-hybridized carbons (Fsp3) is 0.393. The zero-order valence-corrected chi connectivity index (χ0v) is 21.9. The van der Waals surface area contributed by atoms with Crippen LogP contribution in [0, 0.1) is 11.6 Å². The number of anilines is 4. The molecular formula is C28H37N5OS. The van der Waals surface area contributed by atoms with Gasteiger partial charge in [-0.3, -0.25) is 4.79 Å². The van der Waals surface area contributed by atoms with E-state index >= 15 is 0 Å². The van der Waals surface area contributed by atoms with Crippen LogP contribution in [-0.2, 0) is 4.79 Å². The SMILES string of the molecule is CCCN(CCCCC(=O)Nc1c(N(CCC)c2ccccc2)[nH]c(C)nc1=S)c1ccccc1. The van der Waals surface area contributed by atoms with Crippen LogP contribution in [0.5, 0.6) is 0 Å². The second-order valence-corrected chi connectivity index (χ2v) is 9.05. The fourth-order valence-corrected chi connectivity index (χ4v) is 4.44. The van der Waals surface area contributed by atoms with Crippen molar-refractivity contribution in [3.63, 3.8) is 0 Å². The zero-order chi connectivity index (χ0) is 25.0. The lowest BCUT2D eigenvalue weighted by atomic mass is 10.2. The molecule has 0 atom stereocenters. The predicted octanol–water partition coefficient (Wildman–Crippen LogP) is 7.02. The summed E-state index contributed by atoms with van der Waals surface area (Å²) >= 11 is 5.57. The van der Waals surface area contributed by atoms with Gasteiger partial charge in [0.15, 0.2) is 4.64 Å². The minimum absolute atomic E-state index is 0.0392. The lowest BCUT2D eigenvalue weighted by molar-refractivity contribution is -0.116. The van der Waals surface area contributed by atoms with Crippen molar-refractivity contribution in [2.75, 3.05) is 34.8 Å². The molecule has 1 heterocycles. The van der Waals surface area contributed by atoms with Crippen molar-refractivity contribution in [3.8, 4) is 0 Å². The van der Waals surface area contributed by atoms with E-state index in [9.17, 15) is 4.79 Å². The molecule has 0 aliphatic rings. The number of para-hydroxylation sites is 2. The van der Waals surface area contributed by atoms with E-state index in [0.29, 0.717) is 16.7 Å². The number of hydrogen-bond donors (Lipinski definition) is 2. The number of carbonyl (C=O) groups excluding carboxylic acids is 1. The van der Waals surface area contributed by atoms with Crippen LogP contribution in [0.1, 0.15) is 51.8 Å². The van der Waals surface area contributed by atoms with Gasteiger partial charge in [-0.1, -0.05) is 62.5 Å². The maximum Gasteiger partial charge on any atom is 0.224 e. The molecule has 7 heteroatoms. The maximum atomic E-state index is 12.9. The van der Waals surface area contributed by atoms with Gasteiger partial charge >= 0.3 is 0 Å². The maximum absolute atomic E-state index is 12.9. The van der Waals surface area contributed by atoms with Crippen molar-refractivity contribution in [2.24, 2.45) is 0 Å². The van der Waals surface area contributed by atoms with E-state index in [2.05, 4.69) is 75.3 Å². The van der Waals surface area contributed by atoms with Gasteiger partial charge in [0.1, 0.15) is 17.3 Å². The van der Waals surface area contributed by atoms with Crippen LogP contribution in [0.4, 0.5) is 22.9 Å². The Balaban J connectivity index is 1.67. The number of hydrogen-bond acceptors (Lipinski definition) is 5. The number of rotatable bonds is 13.